The van der Waals surface area contributed by atoms with Crippen LogP contribution < -0.4 is 4.90 Å². The predicted octanol–water partition coefficient (Wildman–Crippen LogP) is 2.48. The van der Waals surface area contributed by atoms with Crippen LogP contribution in [0.15, 0.2) is 18.2 Å². The molecular formula is C14H22FNO2. The lowest BCUT2D eigenvalue weighted by Gasteiger charge is -2.31. The molecule has 0 aromatic heterocycles. The predicted molar refractivity (Wildman–Crippen MR) is 71.2 cm³/mol. The third-order valence-corrected chi connectivity index (χ3v) is 2.93. The van der Waals surface area contributed by atoms with Crippen molar-refractivity contribution in [1.82, 2.24) is 0 Å². The maximum absolute atomic E-state index is 13.3. The van der Waals surface area contributed by atoms with Crippen LogP contribution in [0.5, 0.6) is 0 Å². The first-order valence-electron chi connectivity index (χ1n) is 6.32. The van der Waals surface area contributed by atoms with E-state index in [1.54, 1.807) is 13.0 Å². The Bertz CT molecular complexity index is 380. The molecule has 1 aromatic rings. The van der Waals surface area contributed by atoms with Crippen LogP contribution in [0, 0.1) is 5.82 Å². The van der Waals surface area contributed by atoms with Gasteiger partial charge in [0, 0.05) is 30.4 Å². The van der Waals surface area contributed by atoms with Gasteiger partial charge in [0.25, 0.3) is 0 Å². The summed E-state index contributed by atoms with van der Waals surface area (Å²) >= 11 is 0. The van der Waals surface area contributed by atoms with Gasteiger partial charge in [0.1, 0.15) is 5.82 Å². The standard InChI is InChI=1S/C14H22FNO2/c1-10(2)16(7-4-8-17)14-6-5-12(15)9-13(14)11(3)18/h5-6,9-11,17-18H,4,7-8H2,1-3H3. The fraction of sp³-hybridized carbons (Fsp3) is 0.571. The Morgan fingerprint density at radius 3 is 2.44 bits per heavy atom. The fourth-order valence-corrected chi connectivity index (χ4v) is 2.02. The van der Waals surface area contributed by atoms with E-state index in [4.69, 9.17) is 5.11 Å². The molecule has 0 aliphatic rings. The van der Waals surface area contributed by atoms with Gasteiger partial charge in [0.15, 0.2) is 0 Å². The van der Waals surface area contributed by atoms with Crippen molar-refractivity contribution in [3.05, 3.63) is 29.6 Å². The molecule has 0 bridgehead atoms. The highest BCUT2D eigenvalue weighted by atomic mass is 19.1. The van der Waals surface area contributed by atoms with Gasteiger partial charge in [0.05, 0.1) is 6.10 Å². The topological polar surface area (TPSA) is 43.7 Å². The summed E-state index contributed by atoms with van der Waals surface area (Å²) in [5.41, 5.74) is 1.41. The summed E-state index contributed by atoms with van der Waals surface area (Å²) in [6.07, 6.45) is -0.0690. The van der Waals surface area contributed by atoms with E-state index in [0.717, 1.165) is 5.69 Å². The van der Waals surface area contributed by atoms with Crippen LogP contribution in [-0.2, 0) is 0 Å². The zero-order chi connectivity index (χ0) is 13.7. The minimum Gasteiger partial charge on any atom is -0.396 e. The summed E-state index contributed by atoms with van der Waals surface area (Å²) in [6, 6.07) is 4.68. The number of benzene rings is 1. The van der Waals surface area contributed by atoms with Crippen LogP contribution in [0.1, 0.15) is 38.9 Å². The van der Waals surface area contributed by atoms with E-state index in [0.29, 0.717) is 18.5 Å². The highest BCUT2D eigenvalue weighted by molar-refractivity contribution is 5.55. The van der Waals surface area contributed by atoms with Gasteiger partial charge >= 0.3 is 0 Å². The first kappa shape index (κ1) is 14.9. The highest BCUT2D eigenvalue weighted by Crippen LogP contribution is 2.28. The molecule has 0 amide bonds. The number of nitrogens with zero attached hydrogens (tertiary/aromatic N) is 1. The van der Waals surface area contributed by atoms with Crippen LogP contribution in [0.25, 0.3) is 0 Å². The average Bonchev–Trinajstić information content (AvgIpc) is 2.30. The van der Waals surface area contributed by atoms with Gasteiger partial charge in [-0.1, -0.05) is 0 Å². The summed E-state index contributed by atoms with van der Waals surface area (Å²) in [5, 5.41) is 18.7. The lowest BCUT2D eigenvalue weighted by molar-refractivity contribution is 0.199. The second kappa shape index (κ2) is 6.71. The minimum absolute atomic E-state index is 0.119. The zero-order valence-electron chi connectivity index (χ0n) is 11.2. The third kappa shape index (κ3) is 3.68. The van der Waals surface area contributed by atoms with Crippen LogP contribution in [0.3, 0.4) is 0 Å². The van der Waals surface area contributed by atoms with E-state index in [2.05, 4.69) is 4.90 Å². The van der Waals surface area contributed by atoms with Crippen molar-refractivity contribution in [2.24, 2.45) is 0 Å². The molecule has 1 unspecified atom stereocenters. The molecule has 0 saturated heterocycles. The Hall–Kier alpha value is -1.13. The molecule has 18 heavy (non-hydrogen) atoms. The molecule has 0 spiro atoms. The molecule has 1 rings (SSSR count). The smallest absolute Gasteiger partial charge is 0.123 e. The molecule has 0 aliphatic heterocycles. The van der Waals surface area contributed by atoms with E-state index >= 15 is 0 Å². The van der Waals surface area contributed by atoms with Crippen LogP contribution in [0.4, 0.5) is 10.1 Å². The average molecular weight is 255 g/mol. The second-order valence-electron chi connectivity index (χ2n) is 4.74. The van der Waals surface area contributed by atoms with Gasteiger partial charge in [-0.25, -0.2) is 4.39 Å². The van der Waals surface area contributed by atoms with E-state index in [1.165, 1.54) is 12.1 Å². The van der Waals surface area contributed by atoms with Crippen molar-refractivity contribution in [1.29, 1.82) is 0 Å². The van der Waals surface area contributed by atoms with Crippen molar-refractivity contribution in [3.63, 3.8) is 0 Å². The van der Waals surface area contributed by atoms with Crippen LogP contribution in [-0.4, -0.2) is 29.4 Å². The van der Waals surface area contributed by atoms with Crippen LogP contribution >= 0.6 is 0 Å². The molecule has 0 fully saturated rings. The number of hydrogen-bond donors (Lipinski definition) is 2. The van der Waals surface area contributed by atoms with Gasteiger partial charge in [-0.15, -0.1) is 0 Å². The Kier molecular flexibility index (Phi) is 5.56. The summed E-state index contributed by atoms with van der Waals surface area (Å²) in [5.74, 6) is -0.347. The largest absolute Gasteiger partial charge is 0.396 e. The molecule has 0 heterocycles. The quantitative estimate of drug-likeness (QED) is 0.820. The number of halogens is 1. The van der Waals surface area contributed by atoms with Crippen molar-refractivity contribution in [2.45, 2.75) is 39.3 Å². The summed E-state index contributed by atoms with van der Waals surface area (Å²) < 4.78 is 13.3. The molecule has 4 heteroatoms. The Morgan fingerprint density at radius 2 is 1.94 bits per heavy atom. The second-order valence-corrected chi connectivity index (χ2v) is 4.74. The van der Waals surface area contributed by atoms with E-state index < -0.39 is 6.10 Å². The monoisotopic (exact) mass is 255 g/mol. The lowest BCUT2D eigenvalue weighted by Crippen LogP contribution is -2.33. The number of aliphatic hydroxyl groups is 2. The number of anilines is 1. The highest BCUT2D eigenvalue weighted by Gasteiger charge is 2.17. The minimum atomic E-state index is -0.717. The number of hydrogen-bond acceptors (Lipinski definition) is 3. The molecule has 0 saturated carbocycles. The van der Waals surface area contributed by atoms with E-state index in [1.807, 2.05) is 13.8 Å². The number of aliphatic hydroxyl groups excluding tert-OH is 2. The van der Waals surface area contributed by atoms with Gasteiger partial charge in [-0.05, 0) is 45.4 Å². The van der Waals surface area contributed by atoms with Crippen LogP contribution in [0.2, 0.25) is 0 Å². The lowest BCUT2D eigenvalue weighted by atomic mass is 10.1. The Morgan fingerprint density at radius 1 is 1.28 bits per heavy atom. The SMILES string of the molecule is CC(O)c1cc(F)ccc1N(CCCO)C(C)C. The normalized spacial score (nSPS) is 12.8. The zero-order valence-corrected chi connectivity index (χ0v) is 11.2. The molecule has 0 radical (unpaired) electrons. The summed E-state index contributed by atoms with van der Waals surface area (Å²) in [7, 11) is 0. The van der Waals surface area contributed by atoms with Gasteiger partial charge in [0.2, 0.25) is 0 Å². The van der Waals surface area contributed by atoms with Crippen molar-refractivity contribution in [2.75, 3.05) is 18.1 Å². The van der Waals surface area contributed by atoms with Crippen molar-refractivity contribution < 1.29 is 14.6 Å². The molecule has 3 nitrogen and oxygen atoms in total. The van der Waals surface area contributed by atoms with Gasteiger partial charge < -0.3 is 15.1 Å². The molecule has 102 valence electrons. The molecular weight excluding hydrogens is 233 g/mol. The summed E-state index contributed by atoms with van der Waals surface area (Å²) in [6.45, 7) is 6.50. The third-order valence-electron chi connectivity index (χ3n) is 2.93. The summed E-state index contributed by atoms with van der Waals surface area (Å²) in [4.78, 5) is 2.07. The van der Waals surface area contributed by atoms with E-state index in [9.17, 15) is 9.50 Å². The molecule has 0 aliphatic carbocycles. The maximum atomic E-state index is 13.3. The van der Waals surface area contributed by atoms with Gasteiger partial charge in [-0.2, -0.15) is 0 Å². The Labute approximate surface area is 108 Å². The molecule has 1 aromatic carbocycles. The molecule has 2 N–H and O–H groups in total. The number of rotatable bonds is 6. The fourth-order valence-electron chi connectivity index (χ4n) is 2.02. The van der Waals surface area contributed by atoms with Gasteiger partial charge in [-0.3, -0.25) is 0 Å². The Balaban J connectivity index is 3.10. The van der Waals surface area contributed by atoms with Crippen molar-refractivity contribution >= 4 is 5.69 Å². The maximum Gasteiger partial charge on any atom is 0.123 e. The van der Waals surface area contributed by atoms with Crippen molar-refractivity contribution in [3.8, 4) is 0 Å². The van der Waals surface area contributed by atoms with E-state index in [-0.39, 0.29) is 18.5 Å². The molecule has 1 atom stereocenters. The first-order valence-corrected chi connectivity index (χ1v) is 6.32. The first-order chi connectivity index (χ1) is 8.47.